The van der Waals surface area contributed by atoms with Crippen LogP contribution in [-0.2, 0) is 4.79 Å². The molecule has 0 aromatic carbocycles. The molecule has 0 bridgehead atoms. The minimum Gasteiger partial charge on any atom is -0.393 e. The number of carbonyl (C=O) groups excluding carboxylic acids is 1. The Morgan fingerprint density at radius 2 is 1.88 bits per heavy atom. The Morgan fingerprint density at radius 3 is 2.29 bits per heavy atom. The lowest BCUT2D eigenvalue weighted by Gasteiger charge is -2.39. The van der Waals surface area contributed by atoms with Crippen molar-refractivity contribution in [1.82, 2.24) is 4.90 Å². The second kappa shape index (κ2) is 5.34. The third-order valence-electron chi connectivity index (χ3n) is 4.00. The summed E-state index contributed by atoms with van der Waals surface area (Å²) in [5, 5.41) is 0. The second-order valence-electron chi connectivity index (χ2n) is 5.97. The number of amides is 1. The average Bonchev–Trinajstić information content (AvgIpc) is 2.26. The standard InChI is InChI=1S/C13H24N2OS/c1-9(11(14)17)12(16)15(4)10-5-7-13(2,3)8-6-10/h9-10H,5-8H2,1-4H3,(H2,14,17). The highest BCUT2D eigenvalue weighted by Crippen LogP contribution is 2.36. The fraction of sp³-hybridized carbons (Fsp3) is 0.846. The SMILES string of the molecule is CC(C(=O)N(C)C1CCC(C)(C)CC1)C(N)=S. The Hall–Kier alpha value is -0.640. The molecule has 1 aliphatic rings. The lowest BCUT2D eigenvalue weighted by atomic mass is 9.75. The molecule has 0 heterocycles. The maximum absolute atomic E-state index is 12.1. The van der Waals surface area contributed by atoms with Gasteiger partial charge in [0, 0.05) is 13.1 Å². The van der Waals surface area contributed by atoms with Crippen molar-refractivity contribution in [2.24, 2.45) is 17.1 Å². The minimum absolute atomic E-state index is 0.0576. The Kier molecular flexibility index (Phi) is 4.53. The van der Waals surface area contributed by atoms with Gasteiger partial charge in [0.25, 0.3) is 0 Å². The van der Waals surface area contributed by atoms with Crippen LogP contribution < -0.4 is 5.73 Å². The number of hydrogen-bond donors (Lipinski definition) is 1. The summed E-state index contributed by atoms with van der Waals surface area (Å²) in [6.07, 6.45) is 4.52. The van der Waals surface area contributed by atoms with Crippen LogP contribution >= 0.6 is 12.2 Å². The second-order valence-corrected chi connectivity index (χ2v) is 6.44. The van der Waals surface area contributed by atoms with E-state index in [0.29, 0.717) is 11.5 Å². The van der Waals surface area contributed by atoms with Crippen molar-refractivity contribution >= 4 is 23.1 Å². The maximum atomic E-state index is 12.1. The van der Waals surface area contributed by atoms with Crippen molar-refractivity contribution in [2.45, 2.75) is 52.5 Å². The van der Waals surface area contributed by atoms with E-state index in [1.807, 2.05) is 11.9 Å². The molecule has 0 saturated heterocycles. The number of nitrogens with two attached hydrogens (primary N) is 1. The summed E-state index contributed by atoms with van der Waals surface area (Å²) in [5.74, 6) is -0.285. The zero-order chi connectivity index (χ0) is 13.2. The van der Waals surface area contributed by atoms with Crippen LogP contribution in [0.25, 0.3) is 0 Å². The summed E-state index contributed by atoms with van der Waals surface area (Å²) < 4.78 is 0. The maximum Gasteiger partial charge on any atom is 0.232 e. The number of carbonyl (C=O) groups is 1. The molecule has 1 aliphatic carbocycles. The van der Waals surface area contributed by atoms with Crippen LogP contribution in [0.4, 0.5) is 0 Å². The van der Waals surface area contributed by atoms with Gasteiger partial charge >= 0.3 is 0 Å². The molecular weight excluding hydrogens is 232 g/mol. The van der Waals surface area contributed by atoms with E-state index in [9.17, 15) is 4.79 Å². The highest BCUT2D eigenvalue weighted by atomic mass is 32.1. The van der Waals surface area contributed by atoms with Crippen LogP contribution in [0.15, 0.2) is 0 Å². The van der Waals surface area contributed by atoms with Crippen LogP contribution in [0.2, 0.25) is 0 Å². The van der Waals surface area contributed by atoms with E-state index in [1.165, 1.54) is 12.8 Å². The van der Waals surface area contributed by atoms with Crippen molar-refractivity contribution in [3.63, 3.8) is 0 Å². The van der Waals surface area contributed by atoms with Crippen LogP contribution in [0.3, 0.4) is 0 Å². The monoisotopic (exact) mass is 256 g/mol. The number of thiocarbonyl (C=S) groups is 1. The van der Waals surface area contributed by atoms with Crippen LogP contribution in [0, 0.1) is 11.3 Å². The molecule has 1 saturated carbocycles. The van der Waals surface area contributed by atoms with Crippen molar-refractivity contribution in [2.75, 3.05) is 7.05 Å². The molecule has 1 amide bonds. The summed E-state index contributed by atoms with van der Waals surface area (Å²) in [7, 11) is 1.88. The molecule has 3 nitrogen and oxygen atoms in total. The molecular formula is C13H24N2OS. The predicted molar refractivity (Wildman–Crippen MR) is 74.8 cm³/mol. The van der Waals surface area contributed by atoms with Crippen LogP contribution in [-0.4, -0.2) is 28.9 Å². The molecule has 0 aliphatic heterocycles. The van der Waals surface area contributed by atoms with Crippen molar-refractivity contribution in [3.05, 3.63) is 0 Å². The van der Waals surface area contributed by atoms with Crippen molar-refractivity contribution in [3.8, 4) is 0 Å². The van der Waals surface area contributed by atoms with Crippen molar-refractivity contribution in [1.29, 1.82) is 0 Å². The summed E-state index contributed by atoms with van der Waals surface area (Å²) >= 11 is 4.88. The Labute approximate surface area is 110 Å². The van der Waals surface area contributed by atoms with Gasteiger partial charge in [-0.15, -0.1) is 0 Å². The van der Waals surface area contributed by atoms with E-state index < -0.39 is 0 Å². The van der Waals surface area contributed by atoms with Gasteiger partial charge in [-0.3, -0.25) is 4.79 Å². The van der Waals surface area contributed by atoms with Gasteiger partial charge in [0.15, 0.2) is 0 Å². The zero-order valence-corrected chi connectivity index (χ0v) is 12.1. The van der Waals surface area contributed by atoms with Gasteiger partial charge in [0.05, 0.1) is 10.9 Å². The summed E-state index contributed by atoms with van der Waals surface area (Å²) in [5.41, 5.74) is 5.96. The van der Waals surface area contributed by atoms with Crippen molar-refractivity contribution < 1.29 is 4.79 Å². The quantitative estimate of drug-likeness (QED) is 0.788. The topological polar surface area (TPSA) is 46.3 Å². The first-order chi connectivity index (χ1) is 7.74. The first-order valence-electron chi connectivity index (χ1n) is 6.30. The van der Waals surface area contributed by atoms with Gasteiger partial charge in [0.1, 0.15) is 0 Å². The predicted octanol–water partition coefficient (Wildman–Crippen LogP) is 2.34. The van der Waals surface area contributed by atoms with E-state index in [1.54, 1.807) is 6.92 Å². The highest BCUT2D eigenvalue weighted by molar-refractivity contribution is 7.80. The molecule has 1 unspecified atom stereocenters. The van der Waals surface area contributed by atoms with Gasteiger partial charge < -0.3 is 10.6 Å². The molecule has 0 aromatic rings. The van der Waals surface area contributed by atoms with E-state index in [4.69, 9.17) is 18.0 Å². The molecule has 0 radical (unpaired) electrons. The van der Waals surface area contributed by atoms with Gasteiger partial charge in [-0.2, -0.15) is 0 Å². The average molecular weight is 256 g/mol. The summed E-state index contributed by atoms with van der Waals surface area (Å²) in [6.45, 7) is 6.37. The zero-order valence-electron chi connectivity index (χ0n) is 11.3. The Bertz CT molecular complexity index is 305. The highest BCUT2D eigenvalue weighted by Gasteiger charge is 2.32. The molecule has 98 valence electrons. The van der Waals surface area contributed by atoms with E-state index >= 15 is 0 Å². The fourth-order valence-corrected chi connectivity index (χ4v) is 2.48. The number of hydrogen-bond acceptors (Lipinski definition) is 2. The number of nitrogens with zero attached hydrogens (tertiary/aromatic N) is 1. The lowest BCUT2D eigenvalue weighted by Crippen LogP contribution is -2.45. The molecule has 1 fully saturated rings. The molecule has 4 heteroatoms. The molecule has 0 spiro atoms. The Morgan fingerprint density at radius 1 is 1.41 bits per heavy atom. The Balaban J connectivity index is 2.57. The third kappa shape index (κ3) is 3.66. The molecule has 0 aromatic heterocycles. The molecule has 17 heavy (non-hydrogen) atoms. The van der Waals surface area contributed by atoms with E-state index in [2.05, 4.69) is 13.8 Å². The molecule has 2 N–H and O–H groups in total. The first-order valence-corrected chi connectivity index (χ1v) is 6.71. The minimum atomic E-state index is -0.343. The van der Waals surface area contributed by atoms with Gasteiger partial charge in [-0.25, -0.2) is 0 Å². The van der Waals surface area contributed by atoms with Gasteiger partial charge in [0.2, 0.25) is 5.91 Å². The van der Waals surface area contributed by atoms with Crippen LogP contribution in [0.5, 0.6) is 0 Å². The third-order valence-corrected chi connectivity index (χ3v) is 4.35. The van der Waals surface area contributed by atoms with Crippen LogP contribution in [0.1, 0.15) is 46.5 Å². The normalized spacial score (nSPS) is 21.9. The van der Waals surface area contributed by atoms with Gasteiger partial charge in [-0.05, 0) is 38.0 Å². The van der Waals surface area contributed by atoms with E-state index in [-0.39, 0.29) is 16.8 Å². The number of rotatable bonds is 3. The fourth-order valence-electron chi connectivity index (χ4n) is 2.38. The summed E-state index contributed by atoms with van der Waals surface area (Å²) in [4.78, 5) is 14.2. The first kappa shape index (κ1) is 14.4. The summed E-state index contributed by atoms with van der Waals surface area (Å²) in [6, 6.07) is 0.354. The molecule has 1 atom stereocenters. The smallest absolute Gasteiger partial charge is 0.232 e. The van der Waals surface area contributed by atoms with Gasteiger partial charge in [-0.1, -0.05) is 26.1 Å². The lowest BCUT2D eigenvalue weighted by molar-refractivity contribution is -0.134. The van der Waals surface area contributed by atoms with E-state index in [0.717, 1.165) is 12.8 Å². The molecule has 1 rings (SSSR count). The largest absolute Gasteiger partial charge is 0.393 e.